The molecule has 0 aliphatic carbocycles. The summed E-state index contributed by atoms with van der Waals surface area (Å²) >= 11 is 5.61. The topological polar surface area (TPSA) is 72.1 Å². The fourth-order valence-electron chi connectivity index (χ4n) is 3.13. The standard InChI is InChI=1S/C21H30N4OS/c1-3-4-5-6-10-14-23-20(26)19(17-11-8-7-9-12-17)25-15-13-18(24-22)16(2)21(25)27/h7-9,11-13,15,19,24H,3-6,10,14,22H2,1-2H3,(H,23,26). The van der Waals surface area contributed by atoms with Crippen LogP contribution in [0.25, 0.3) is 0 Å². The van der Waals surface area contributed by atoms with Crippen molar-refractivity contribution in [1.29, 1.82) is 0 Å². The average molecular weight is 387 g/mol. The third kappa shape index (κ3) is 5.65. The number of hydrogen-bond acceptors (Lipinski definition) is 4. The van der Waals surface area contributed by atoms with Crippen molar-refractivity contribution in [2.45, 2.75) is 52.0 Å². The second kappa shape index (κ2) is 10.8. The Labute approximate surface area is 166 Å². The molecule has 27 heavy (non-hydrogen) atoms. The highest BCUT2D eigenvalue weighted by atomic mass is 32.1. The van der Waals surface area contributed by atoms with Gasteiger partial charge in [0.05, 0.1) is 5.69 Å². The number of carbonyl (C=O) groups excluding carboxylic acids is 1. The van der Waals surface area contributed by atoms with E-state index in [4.69, 9.17) is 18.1 Å². The predicted molar refractivity (Wildman–Crippen MR) is 114 cm³/mol. The molecule has 0 bridgehead atoms. The van der Waals surface area contributed by atoms with Crippen molar-refractivity contribution < 1.29 is 4.79 Å². The molecule has 1 aromatic heterocycles. The SMILES string of the molecule is CCCCCCCNC(=O)C(c1ccccc1)n1ccc(NN)c(C)c1=S. The van der Waals surface area contributed by atoms with Gasteiger partial charge < -0.3 is 15.3 Å². The third-order valence-electron chi connectivity index (χ3n) is 4.74. The number of benzene rings is 1. The number of hydrazine groups is 1. The van der Waals surface area contributed by atoms with E-state index in [2.05, 4.69) is 17.7 Å². The van der Waals surface area contributed by atoms with Gasteiger partial charge in [0.15, 0.2) is 0 Å². The quantitative estimate of drug-likeness (QED) is 0.243. The normalized spacial score (nSPS) is 11.8. The van der Waals surface area contributed by atoms with Crippen LogP contribution in [0.3, 0.4) is 0 Å². The fourth-order valence-corrected chi connectivity index (χ4v) is 3.40. The van der Waals surface area contributed by atoms with Gasteiger partial charge in [0.2, 0.25) is 5.91 Å². The lowest BCUT2D eigenvalue weighted by Crippen LogP contribution is -2.34. The van der Waals surface area contributed by atoms with Gasteiger partial charge >= 0.3 is 0 Å². The number of hydrogen-bond donors (Lipinski definition) is 3. The van der Waals surface area contributed by atoms with Crippen molar-refractivity contribution in [2.75, 3.05) is 12.0 Å². The Bertz CT molecular complexity index is 789. The number of aromatic nitrogens is 1. The number of carbonyl (C=O) groups is 1. The van der Waals surface area contributed by atoms with Gasteiger partial charge in [-0.1, -0.05) is 75.2 Å². The minimum Gasteiger partial charge on any atom is -0.354 e. The Kier molecular flexibility index (Phi) is 8.48. The summed E-state index contributed by atoms with van der Waals surface area (Å²) < 4.78 is 2.44. The van der Waals surface area contributed by atoms with Crippen LogP contribution in [-0.4, -0.2) is 17.0 Å². The molecule has 0 fully saturated rings. The molecule has 4 N–H and O–H groups in total. The summed E-state index contributed by atoms with van der Waals surface area (Å²) in [6, 6.07) is 11.1. The van der Waals surface area contributed by atoms with Gasteiger partial charge in [-0.25, -0.2) is 0 Å². The number of nitrogens with two attached hydrogens (primary N) is 1. The van der Waals surface area contributed by atoms with Crippen LogP contribution in [0, 0.1) is 11.6 Å². The first-order valence-corrected chi connectivity index (χ1v) is 10.0. The molecule has 2 aromatic rings. The molecule has 6 heteroatoms. The molecule has 0 radical (unpaired) electrons. The zero-order valence-electron chi connectivity index (χ0n) is 16.2. The predicted octanol–water partition coefficient (Wildman–Crippen LogP) is 4.49. The molecule has 1 amide bonds. The Morgan fingerprint density at radius 2 is 1.85 bits per heavy atom. The molecule has 1 heterocycles. The van der Waals surface area contributed by atoms with E-state index in [1.54, 1.807) is 0 Å². The highest BCUT2D eigenvalue weighted by Crippen LogP contribution is 2.23. The average Bonchev–Trinajstić information content (AvgIpc) is 2.69. The lowest BCUT2D eigenvalue weighted by atomic mass is 10.0. The molecule has 0 aliphatic rings. The first kappa shape index (κ1) is 21.1. The summed E-state index contributed by atoms with van der Waals surface area (Å²) in [7, 11) is 0. The van der Waals surface area contributed by atoms with Gasteiger partial charge in [-0.2, -0.15) is 0 Å². The van der Waals surface area contributed by atoms with Crippen molar-refractivity contribution in [1.82, 2.24) is 9.88 Å². The van der Waals surface area contributed by atoms with Gasteiger partial charge in [-0.3, -0.25) is 10.6 Å². The Hall–Kier alpha value is -2.18. The number of nitrogens with one attached hydrogen (secondary N) is 2. The van der Waals surface area contributed by atoms with Crippen molar-refractivity contribution in [2.24, 2.45) is 5.84 Å². The first-order valence-electron chi connectivity index (χ1n) is 9.61. The van der Waals surface area contributed by atoms with Gasteiger partial charge in [0, 0.05) is 18.3 Å². The Balaban J connectivity index is 2.22. The highest BCUT2D eigenvalue weighted by Gasteiger charge is 2.23. The van der Waals surface area contributed by atoms with Crippen molar-refractivity contribution in [3.8, 4) is 0 Å². The van der Waals surface area contributed by atoms with E-state index in [1.807, 2.05) is 54.1 Å². The van der Waals surface area contributed by atoms with Crippen molar-refractivity contribution >= 4 is 23.8 Å². The van der Waals surface area contributed by atoms with Crippen molar-refractivity contribution in [3.05, 3.63) is 58.4 Å². The van der Waals surface area contributed by atoms with Crippen molar-refractivity contribution in [3.63, 3.8) is 0 Å². The highest BCUT2D eigenvalue weighted by molar-refractivity contribution is 7.71. The molecule has 146 valence electrons. The van der Waals surface area contributed by atoms with E-state index >= 15 is 0 Å². The minimum atomic E-state index is -0.500. The Morgan fingerprint density at radius 1 is 1.15 bits per heavy atom. The fraction of sp³-hybridized carbons (Fsp3) is 0.429. The number of anilines is 1. The van der Waals surface area contributed by atoms with Crippen LogP contribution >= 0.6 is 12.2 Å². The summed E-state index contributed by atoms with van der Waals surface area (Å²) in [5, 5.41) is 3.09. The zero-order chi connectivity index (χ0) is 19.6. The van der Waals surface area contributed by atoms with Gasteiger partial charge in [0.1, 0.15) is 10.7 Å². The Morgan fingerprint density at radius 3 is 2.52 bits per heavy atom. The molecule has 1 unspecified atom stereocenters. The minimum absolute atomic E-state index is 0.0411. The monoisotopic (exact) mass is 386 g/mol. The molecule has 5 nitrogen and oxygen atoms in total. The summed E-state index contributed by atoms with van der Waals surface area (Å²) in [6.07, 6.45) is 7.63. The summed E-state index contributed by atoms with van der Waals surface area (Å²) in [6.45, 7) is 4.78. The van der Waals surface area contributed by atoms with Crippen LogP contribution in [-0.2, 0) is 4.79 Å². The van der Waals surface area contributed by atoms with Crippen LogP contribution in [0.2, 0.25) is 0 Å². The van der Waals surface area contributed by atoms with Crippen LogP contribution in [0.15, 0.2) is 42.6 Å². The molecule has 2 rings (SSSR count). The van der Waals surface area contributed by atoms with E-state index in [9.17, 15) is 4.79 Å². The number of nitrogens with zero attached hydrogens (tertiary/aromatic N) is 1. The molecular formula is C21H30N4OS. The van der Waals surface area contributed by atoms with Crippen LogP contribution in [0.5, 0.6) is 0 Å². The molecule has 0 spiro atoms. The lowest BCUT2D eigenvalue weighted by molar-refractivity contribution is -0.123. The van der Waals surface area contributed by atoms with Gasteiger partial charge in [-0.15, -0.1) is 0 Å². The smallest absolute Gasteiger partial charge is 0.247 e. The van der Waals surface area contributed by atoms with Crippen LogP contribution in [0.1, 0.15) is 56.2 Å². The van der Waals surface area contributed by atoms with E-state index in [0.29, 0.717) is 11.2 Å². The summed E-state index contributed by atoms with van der Waals surface area (Å²) in [5.74, 6) is 5.51. The van der Waals surface area contributed by atoms with E-state index in [0.717, 1.165) is 29.7 Å². The molecule has 1 aromatic carbocycles. The van der Waals surface area contributed by atoms with E-state index in [-0.39, 0.29) is 5.91 Å². The van der Waals surface area contributed by atoms with Crippen LogP contribution in [0.4, 0.5) is 5.69 Å². The second-order valence-electron chi connectivity index (χ2n) is 6.73. The van der Waals surface area contributed by atoms with Crippen LogP contribution < -0.4 is 16.6 Å². The number of pyridine rings is 1. The number of rotatable bonds is 10. The maximum atomic E-state index is 13.0. The first-order chi connectivity index (χ1) is 13.1. The molecular weight excluding hydrogens is 356 g/mol. The number of nitrogen functional groups attached to an aromatic ring is 1. The number of unbranched alkanes of at least 4 members (excludes halogenated alkanes) is 4. The third-order valence-corrected chi connectivity index (χ3v) is 5.26. The molecule has 0 aliphatic heterocycles. The van der Waals surface area contributed by atoms with Gasteiger partial charge in [-0.05, 0) is 25.0 Å². The summed E-state index contributed by atoms with van der Waals surface area (Å²) in [4.78, 5) is 13.0. The molecule has 0 saturated heterocycles. The zero-order valence-corrected chi connectivity index (χ0v) is 17.0. The lowest BCUT2D eigenvalue weighted by Gasteiger charge is -2.22. The maximum Gasteiger partial charge on any atom is 0.247 e. The summed E-state index contributed by atoms with van der Waals surface area (Å²) in [5.41, 5.74) is 5.17. The second-order valence-corrected chi connectivity index (χ2v) is 7.12. The largest absolute Gasteiger partial charge is 0.354 e. The molecule has 0 saturated carbocycles. The van der Waals surface area contributed by atoms with E-state index in [1.165, 1.54) is 19.3 Å². The number of amides is 1. The van der Waals surface area contributed by atoms with Gasteiger partial charge in [0.25, 0.3) is 0 Å². The van der Waals surface area contributed by atoms with E-state index < -0.39 is 6.04 Å². The molecule has 1 atom stereocenters. The maximum absolute atomic E-state index is 13.0.